The maximum absolute atomic E-state index is 11.1. The summed E-state index contributed by atoms with van der Waals surface area (Å²) in [4.78, 5) is 13.5. The summed E-state index contributed by atoms with van der Waals surface area (Å²) in [5.74, 6) is 0.405. The van der Waals surface area contributed by atoms with Crippen LogP contribution in [0.2, 0.25) is 0 Å². The SMILES string of the molecule is CC1CCN(CCNc2ccc(C(N)=O)cc2N)CC1. The number of hydrogen-bond acceptors (Lipinski definition) is 4. The molecule has 0 radical (unpaired) electrons. The number of hydrogen-bond donors (Lipinski definition) is 3. The molecule has 0 aliphatic carbocycles. The van der Waals surface area contributed by atoms with Crippen molar-refractivity contribution in [3.8, 4) is 0 Å². The van der Waals surface area contributed by atoms with Crippen LogP contribution in [0.4, 0.5) is 11.4 Å². The fourth-order valence-corrected chi connectivity index (χ4v) is 2.51. The number of primary amides is 1. The van der Waals surface area contributed by atoms with Gasteiger partial charge in [0.25, 0.3) is 0 Å². The van der Waals surface area contributed by atoms with Crippen molar-refractivity contribution in [2.75, 3.05) is 37.2 Å². The molecule has 5 nitrogen and oxygen atoms in total. The van der Waals surface area contributed by atoms with E-state index in [4.69, 9.17) is 11.5 Å². The highest BCUT2D eigenvalue weighted by Crippen LogP contribution is 2.20. The maximum Gasteiger partial charge on any atom is 0.248 e. The Balaban J connectivity index is 1.81. The van der Waals surface area contributed by atoms with Gasteiger partial charge in [0.1, 0.15) is 0 Å². The molecular formula is C15H24N4O. The Kier molecular flexibility index (Phi) is 4.84. The van der Waals surface area contributed by atoms with E-state index in [9.17, 15) is 4.79 Å². The van der Waals surface area contributed by atoms with E-state index in [1.807, 2.05) is 6.07 Å². The number of nitrogen functional groups attached to an aromatic ring is 1. The first kappa shape index (κ1) is 14.7. The molecule has 1 heterocycles. The van der Waals surface area contributed by atoms with Crippen molar-refractivity contribution >= 4 is 17.3 Å². The average Bonchev–Trinajstić information content (AvgIpc) is 2.42. The first-order chi connectivity index (χ1) is 9.56. The molecule has 0 saturated carbocycles. The number of benzene rings is 1. The number of piperidine rings is 1. The quantitative estimate of drug-likeness (QED) is 0.712. The summed E-state index contributed by atoms with van der Waals surface area (Å²) in [5.41, 5.74) is 13.0. The maximum atomic E-state index is 11.1. The van der Waals surface area contributed by atoms with Crippen LogP contribution in [0, 0.1) is 5.92 Å². The van der Waals surface area contributed by atoms with E-state index in [1.165, 1.54) is 25.9 Å². The molecule has 1 amide bonds. The Labute approximate surface area is 120 Å². The van der Waals surface area contributed by atoms with Crippen molar-refractivity contribution in [2.45, 2.75) is 19.8 Å². The lowest BCUT2D eigenvalue weighted by Gasteiger charge is -2.30. The fourth-order valence-electron chi connectivity index (χ4n) is 2.51. The van der Waals surface area contributed by atoms with E-state index in [2.05, 4.69) is 17.1 Å². The van der Waals surface area contributed by atoms with Crippen molar-refractivity contribution in [1.82, 2.24) is 4.90 Å². The minimum atomic E-state index is -0.453. The van der Waals surface area contributed by atoms with E-state index in [-0.39, 0.29) is 0 Å². The van der Waals surface area contributed by atoms with Gasteiger partial charge in [0.05, 0.1) is 11.4 Å². The van der Waals surface area contributed by atoms with Crippen molar-refractivity contribution < 1.29 is 4.79 Å². The first-order valence-electron chi connectivity index (χ1n) is 7.22. The molecule has 1 aromatic rings. The minimum Gasteiger partial charge on any atom is -0.397 e. The fraction of sp³-hybridized carbons (Fsp3) is 0.533. The van der Waals surface area contributed by atoms with Gasteiger partial charge in [-0.25, -0.2) is 0 Å². The molecule has 2 rings (SSSR count). The van der Waals surface area contributed by atoms with Crippen LogP contribution in [-0.2, 0) is 0 Å². The van der Waals surface area contributed by atoms with Crippen molar-refractivity contribution in [1.29, 1.82) is 0 Å². The lowest BCUT2D eigenvalue weighted by molar-refractivity contribution is 0.100. The van der Waals surface area contributed by atoms with Crippen molar-refractivity contribution in [3.05, 3.63) is 23.8 Å². The molecular weight excluding hydrogens is 252 g/mol. The molecule has 0 spiro atoms. The summed E-state index contributed by atoms with van der Waals surface area (Å²) in [7, 11) is 0. The van der Waals surface area contributed by atoms with Crippen LogP contribution < -0.4 is 16.8 Å². The van der Waals surface area contributed by atoms with E-state index in [0.29, 0.717) is 11.3 Å². The standard InChI is InChI=1S/C15H24N4O/c1-11-4-7-19(8-5-11)9-6-18-14-3-2-12(15(17)20)10-13(14)16/h2-3,10-11,18H,4-9,16H2,1H3,(H2,17,20). The molecule has 110 valence electrons. The number of carbonyl (C=O) groups is 1. The number of anilines is 2. The van der Waals surface area contributed by atoms with Crippen LogP contribution >= 0.6 is 0 Å². The highest BCUT2D eigenvalue weighted by Gasteiger charge is 2.14. The van der Waals surface area contributed by atoms with Gasteiger partial charge in [-0.1, -0.05) is 6.92 Å². The molecule has 0 atom stereocenters. The van der Waals surface area contributed by atoms with Gasteiger partial charge in [-0.3, -0.25) is 4.79 Å². The molecule has 0 aromatic heterocycles. The number of likely N-dealkylation sites (tertiary alicyclic amines) is 1. The third kappa shape index (κ3) is 3.87. The lowest BCUT2D eigenvalue weighted by Crippen LogP contribution is -2.36. The second-order valence-electron chi connectivity index (χ2n) is 5.62. The molecule has 1 aliphatic heterocycles. The number of nitrogens with one attached hydrogen (secondary N) is 1. The monoisotopic (exact) mass is 276 g/mol. The highest BCUT2D eigenvalue weighted by molar-refractivity contribution is 5.94. The third-order valence-electron chi connectivity index (χ3n) is 3.96. The predicted octanol–water partition coefficient (Wildman–Crippen LogP) is 1.51. The molecule has 0 unspecified atom stereocenters. The summed E-state index contributed by atoms with van der Waals surface area (Å²) >= 11 is 0. The van der Waals surface area contributed by atoms with E-state index in [0.717, 1.165) is 24.7 Å². The zero-order valence-electron chi connectivity index (χ0n) is 12.1. The van der Waals surface area contributed by atoms with E-state index < -0.39 is 5.91 Å². The number of amides is 1. The Hall–Kier alpha value is -1.75. The van der Waals surface area contributed by atoms with Crippen LogP contribution in [0.3, 0.4) is 0 Å². The van der Waals surface area contributed by atoms with E-state index in [1.54, 1.807) is 12.1 Å². The zero-order valence-corrected chi connectivity index (χ0v) is 12.1. The van der Waals surface area contributed by atoms with Crippen molar-refractivity contribution in [3.63, 3.8) is 0 Å². The number of carbonyl (C=O) groups excluding carboxylic acids is 1. The first-order valence-corrected chi connectivity index (χ1v) is 7.22. The molecule has 5 heteroatoms. The smallest absolute Gasteiger partial charge is 0.248 e. The van der Waals surface area contributed by atoms with Gasteiger partial charge in [0.15, 0.2) is 0 Å². The predicted molar refractivity (Wildman–Crippen MR) is 82.7 cm³/mol. The Morgan fingerprint density at radius 2 is 2.10 bits per heavy atom. The molecule has 20 heavy (non-hydrogen) atoms. The topological polar surface area (TPSA) is 84.4 Å². The van der Waals surface area contributed by atoms with Gasteiger partial charge in [0, 0.05) is 18.7 Å². The van der Waals surface area contributed by atoms with Crippen LogP contribution in [-0.4, -0.2) is 37.0 Å². The Bertz CT molecular complexity index is 467. The largest absolute Gasteiger partial charge is 0.397 e. The normalized spacial score (nSPS) is 17.1. The van der Waals surface area contributed by atoms with Gasteiger partial charge in [0.2, 0.25) is 5.91 Å². The molecule has 1 fully saturated rings. The number of rotatable bonds is 5. The Morgan fingerprint density at radius 3 is 2.70 bits per heavy atom. The lowest BCUT2D eigenvalue weighted by atomic mass is 9.99. The van der Waals surface area contributed by atoms with Gasteiger partial charge >= 0.3 is 0 Å². The zero-order chi connectivity index (χ0) is 14.5. The van der Waals surface area contributed by atoms with Gasteiger partial charge < -0.3 is 21.7 Å². The second kappa shape index (κ2) is 6.61. The molecule has 1 aromatic carbocycles. The van der Waals surface area contributed by atoms with Crippen LogP contribution in [0.5, 0.6) is 0 Å². The van der Waals surface area contributed by atoms with Crippen LogP contribution in [0.15, 0.2) is 18.2 Å². The number of nitrogens with two attached hydrogens (primary N) is 2. The van der Waals surface area contributed by atoms with Gasteiger partial charge in [-0.15, -0.1) is 0 Å². The van der Waals surface area contributed by atoms with E-state index >= 15 is 0 Å². The Morgan fingerprint density at radius 1 is 1.40 bits per heavy atom. The minimum absolute atomic E-state index is 0.443. The third-order valence-corrected chi connectivity index (χ3v) is 3.96. The van der Waals surface area contributed by atoms with Crippen LogP contribution in [0.25, 0.3) is 0 Å². The van der Waals surface area contributed by atoms with Gasteiger partial charge in [-0.05, 0) is 50.0 Å². The second-order valence-corrected chi connectivity index (χ2v) is 5.62. The number of nitrogens with zero attached hydrogens (tertiary/aromatic N) is 1. The summed E-state index contributed by atoms with van der Waals surface area (Å²) < 4.78 is 0. The summed E-state index contributed by atoms with van der Waals surface area (Å²) in [6.45, 7) is 6.55. The van der Waals surface area contributed by atoms with Crippen LogP contribution in [0.1, 0.15) is 30.1 Å². The summed E-state index contributed by atoms with van der Waals surface area (Å²) in [6.07, 6.45) is 2.57. The van der Waals surface area contributed by atoms with Crippen molar-refractivity contribution in [2.24, 2.45) is 11.7 Å². The summed E-state index contributed by atoms with van der Waals surface area (Å²) in [6, 6.07) is 5.13. The molecule has 1 saturated heterocycles. The highest BCUT2D eigenvalue weighted by atomic mass is 16.1. The summed E-state index contributed by atoms with van der Waals surface area (Å²) in [5, 5.41) is 3.32. The average molecular weight is 276 g/mol. The molecule has 0 bridgehead atoms. The molecule has 5 N–H and O–H groups in total. The van der Waals surface area contributed by atoms with Gasteiger partial charge in [-0.2, -0.15) is 0 Å². The molecule has 1 aliphatic rings.